The van der Waals surface area contributed by atoms with Crippen LogP contribution in [-0.2, 0) is 13.0 Å². The van der Waals surface area contributed by atoms with E-state index < -0.39 is 0 Å². The van der Waals surface area contributed by atoms with Gasteiger partial charge in [-0.15, -0.1) is 11.6 Å². The number of alkyl halides is 1. The second kappa shape index (κ2) is 6.90. The number of hydrogen-bond acceptors (Lipinski definition) is 2. The Morgan fingerprint density at radius 1 is 1.05 bits per heavy atom. The van der Waals surface area contributed by atoms with Crippen molar-refractivity contribution in [2.24, 2.45) is 0 Å². The van der Waals surface area contributed by atoms with Crippen molar-refractivity contribution >= 4 is 17.4 Å². The highest BCUT2D eigenvalue weighted by molar-refractivity contribution is 6.17. The number of pyridine rings is 1. The Bertz CT molecular complexity index is 507. The van der Waals surface area contributed by atoms with Gasteiger partial charge in [0.05, 0.1) is 0 Å². The molecule has 1 aromatic heterocycles. The summed E-state index contributed by atoms with van der Waals surface area (Å²) in [5.41, 5.74) is 1.72. The van der Waals surface area contributed by atoms with Crippen molar-refractivity contribution in [2.75, 3.05) is 5.88 Å². The monoisotopic (exact) mass is 281 g/mol. The molecule has 1 aromatic rings. The molecule has 0 radical (unpaired) electrons. The molecule has 0 amide bonds. The van der Waals surface area contributed by atoms with E-state index >= 15 is 0 Å². The predicted molar refractivity (Wildman–Crippen MR) is 77.2 cm³/mol. The predicted octanol–water partition coefficient (Wildman–Crippen LogP) is 3.17. The molecule has 2 rings (SSSR count). The fourth-order valence-corrected chi connectivity index (χ4v) is 2.85. The molecule has 0 aliphatic heterocycles. The van der Waals surface area contributed by atoms with E-state index in [4.69, 9.17) is 11.6 Å². The number of nitrogens with zero attached hydrogens (tertiary/aromatic N) is 1. The molecule has 0 spiro atoms. The van der Waals surface area contributed by atoms with Crippen LogP contribution in [-0.4, -0.2) is 16.2 Å². The molecule has 0 fully saturated rings. The molecule has 0 atom stereocenters. The van der Waals surface area contributed by atoms with E-state index in [-0.39, 0.29) is 11.3 Å². The maximum Gasteiger partial charge on any atom is 0.250 e. The smallest absolute Gasteiger partial charge is 0.250 e. The third-order valence-electron chi connectivity index (χ3n) is 3.68. The third kappa shape index (κ3) is 3.47. The van der Waals surface area contributed by atoms with Gasteiger partial charge in [0.2, 0.25) is 0 Å². The van der Waals surface area contributed by atoms with Crippen molar-refractivity contribution in [1.82, 2.24) is 4.57 Å². The molecule has 3 nitrogen and oxygen atoms in total. The highest BCUT2D eigenvalue weighted by Crippen LogP contribution is 2.20. The average molecular weight is 282 g/mol. The lowest BCUT2D eigenvalue weighted by atomic mass is 9.94. The van der Waals surface area contributed by atoms with Crippen molar-refractivity contribution in [3.8, 4) is 0 Å². The molecule has 1 heterocycles. The number of rotatable bonds is 6. The van der Waals surface area contributed by atoms with E-state index in [1.807, 2.05) is 0 Å². The van der Waals surface area contributed by atoms with E-state index in [0.29, 0.717) is 12.3 Å². The number of unbranched alkanes of at least 4 members (excludes halogenated alkanes) is 3. The summed E-state index contributed by atoms with van der Waals surface area (Å²) >= 11 is 5.64. The zero-order valence-electron chi connectivity index (χ0n) is 11.2. The largest absolute Gasteiger partial charge is 0.312 e. The van der Waals surface area contributed by atoms with Gasteiger partial charge in [0.15, 0.2) is 5.78 Å². The van der Waals surface area contributed by atoms with Gasteiger partial charge in [0, 0.05) is 36.2 Å². The van der Waals surface area contributed by atoms with E-state index in [1.54, 1.807) is 10.6 Å². The van der Waals surface area contributed by atoms with Gasteiger partial charge in [-0.05, 0) is 31.7 Å². The van der Waals surface area contributed by atoms with Gasteiger partial charge in [-0.25, -0.2) is 0 Å². The summed E-state index contributed by atoms with van der Waals surface area (Å²) in [7, 11) is 0. The Balaban J connectivity index is 2.09. The van der Waals surface area contributed by atoms with E-state index in [9.17, 15) is 9.59 Å². The van der Waals surface area contributed by atoms with Crippen molar-refractivity contribution in [3.05, 3.63) is 33.7 Å². The first-order valence-corrected chi connectivity index (χ1v) is 7.59. The Kier molecular flexibility index (Phi) is 5.20. The summed E-state index contributed by atoms with van der Waals surface area (Å²) in [4.78, 5) is 23.8. The second-order valence-electron chi connectivity index (χ2n) is 5.06. The molecule has 0 saturated carbocycles. The molecular weight excluding hydrogens is 262 g/mol. The summed E-state index contributed by atoms with van der Waals surface area (Å²) in [6.07, 6.45) is 6.51. The standard InChI is InChI=1S/C15H20ClNO2/c16-10-3-1-2-4-11-17-13-6-5-7-14(18)12(13)8-9-15(17)19/h8-9H,1-7,10-11H2. The number of halogens is 1. The van der Waals surface area contributed by atoms with Crippen molar-refractivity contribution in [3.63, 3.8) is 0 Å². The molecule has 19 heavy (non-hydrogen) atoms. The molecule has 0 aromatic carbocycles. The zero-order chi connectivity index (χ0) is 13.7. The number of carbonyl (C=O) groups is 1. The van der Waals surface area contributed by atoms with Crippen LogP contribution in [0.5, 0.6) is 0 Å². The molecule has 0 bridgehead atoms. The number of hydrogen-bond donors (Lipinski definition) is 0. The van der Waals surface area contributed by atoms with Crippen molar-refractivity contribution in [2.45, 2.75) is 51.5 Å². The minimum atomic E-state index is 0.0193. The average Bonchev–Trinajstić information content (AvgIpc) is 2.41. The number of aromatic nitrogens is 1. The number of Topliss-reactive ketones (excluding diaryl/α,β-unsaturated/α-hetero) is 1. The molecule has 0 N–H and O–H groups in total. The molecular formula is C15H20ClNO2. The van der Waals surface area contributed by atoms with Crippen LogP contribution in [0.2, 0.25) is 0 Å². The minimum absolute atomic E-state index is 0.0193. The van der Waals surface area contributed by atoms with Gasteiger partial charge in [0.1, 0.15) is 0 Å². The van der Waals surface area contributed by atoms with E-state index in [1.165, 1.54) is 6.07 Å². The number of fused-ring (bicyclic) bond motifs is 1. The first kappa shape index (κ1) is 14.3. The van der Waals surface area contributed by atoms with Gasteiger partial charge in [-0.1, -0.05) is 12.8 Å². The lowest BCUT2D eigenvalue weighted by Gasteiger charge is -2.19. The highest BCUT2D eigenvalue weighted by atomic mass is 35.5. The van der Waals surface area contributed by atoms with Crippen molar-refractivity contribution in [1.29, 1.82) is 0 Å². The maximum atomic E-state index is 11.9. The first-order valence-electron chi connectivity index (χ1n) is 7.06. The van der Waals surface area contributed by atoms with Crippen LogP contribution in [0.25, 0.3) is 0 Å². The Labute approximate surface area is 118 Å². The second-order valence-corrected chi connectivity index (χ2v) is 5.44. The quantitative estimate of drug-likeness (QED) is 0.593. The molecule has 0 unspecified atom stereocenters. The first-order chi connectivity index (χ1) is 9.24. The highest BCUT2D eigenvalue weighted by Gasteiger charge is 2.20. The lowest BCUT2D eigenvalue weighted by molar-refractivity contribution is 0.0970. The molecule has 104 valence electrons. The van der Waals surface area contributed by atoms with Gasteiger partial charge < -0.3 is 4.57 Å². The maximum absolute atomic E-state index is 11.9. The summed E-state index contributed by atoms with van der Waals surface area (Å²) in [6.45, 7) is 0.720. The van der Waals surface area contributed by atoms with Crippen LogP contribution in [0.15, 0.2) is 16.9 Å². The fourth-order valence-electron chi connectivity index (χ4n) is 2.66. The molecule has 1 aliphatic rings. The number of ketones is 1. The van der Waals surface area contributed by atoms with Gasteiger partial charge in [-0.3, -0.25) is 9.59 Å². The minimum Gasteiger partial charge on any atom is -0.312 e. The molecule has 0 saturated heterocycles. The Morgan fingerprint density at radius 2 is 1.84 bits per heavy atom. The van der Waals surface area contributed by atoms with Gasteiger partial charge in [-0.2, -0.15) is 0 Å². The van der Waals surface area contributed by atoms with Crippen LogP contribution < -0.4 is 5.56 Å². The van der Waals surface area contributed by atoms with Gasteiger partial charge in [0.25, 0.3) is 5.56 Å². The van der Waals surface area contributed by atoms with Crippen LogP contribution in [0.4, 0.5) is 0 Å². The number of carbonyl (C=O) groups excluding carboxylic acids is 1. The van der Waals surface area contributed by atoms with Crippen LogP contribution >= 0.6 is 11.6 Å². The summed E-state index contributed by atoms with van der Waals surface area (Å²) in [5.74, 6) is 0.881. The lowest BCUT2D eigenvalue weighted by Crippen LogP contribution is -2.28. The molecule has 1 aliphatic carbocycles. The van der Waals surface area contributed by atoms with Crippen LogP contribution in [0.3, 0.4) is 0 Å². The summed E-state index contributed by atoms with van der Waals surface area (Å²) in [6, 6.07) is 3.23. The molecule has 4 heteroatoms. The van der Waals surface area contributed by atoms with E-state index in [2.05, 4.69) is 0 Å². The third-order valence-corrected chi connectivity index (χ3v) is 3.95. The zero-order valence-corrected chi connectivity index (χ0v) is 11.9. The SMILES string of the molecule is O=C1CCCc2c1ccc(=O)n2CCCCCCCl. The van der Waals surface area contributed by atoms with Crippen LogP contribution in [0.1, 0.15) is 54.6 Å². The normalized spacial score (nSPS) is 14.5. The van der Waals surface area contributed by atoms with E-state index in [0.717, 1.165) is 56.3 Å². The Hall–Kier alpha value is -1.09. The van der Waals surface area contributed by atoms with Crippen molar-refractivity contribution < 1.29 is 4.79 Å². The topological polar surface area (TPSA) is 39.1 Å². The summed E-state index contributed by atoms with van der Waals surface area (Å²) in [5, 5.41) is 0. The Morgan fingerprint density at radius 3 is 2.63 bits per heavy atom. The van der Waals surface area contributed by atoms with Crippen LogP contribution in [0, 0.1) is 0 Å². The van der Waals surface area contributed by atoms with Gasteiger partial charge >= 0.3 is 0 Å². The fraction of sp³-hybridized carbons (Fsp3) is 0.600. The summed E-state index contributed by atoms with van der Waals surface area (Å²) < 4.78 is 1.80.